The van der Waals surface area contributed by atoms with Crippen LogP contribution in [-0.4, -0.2) is 37.0 Å². The minimum atomic E-state index is -0.582. The number of hydrogen-bond acceptors (Lipinski definition) is 4. The zero-order valence-corrected chi connectivity index (χ0v) is 16.7. The first-order valence-electron chi connectivity index (χ1n) is 8.19. The Morgan fingerprint density at radius 2 is 1.73 bits per heavy atom. The third-order valence-electron chi connectivity index (χ3n) is 3.86. The molecule has 2 rings (SSSR count). The topological polar surface area (TPSA) is 55.8 Å². The summed E-state index contributed by atoms with van der Waals surface area (Å²) in [7, 11) is 1.69. The van der Waals surface area contributed by atoms with Gasteiger partial charge in [-0.15, -0.1) is 0 Å². The van der Waals surface area contributed by atoms with E-state index in [9.17, 15) is 9.59 Å². The number of amides is 1. The van der Waals surface area contributed by atoms with Gasteiger partial charge >= 0.3 is 5.97 Å². The van der Waals surface area contributed by atoms with Crippen LogP contribution in [0.15, 0.2) is 46.9 Å². The number of likely N-dealkylation sites (N-methyl/N-ethyl adjacent to an activating group) is 1. The molecule has 1 amide bonds. The number of hydrogen-bond donors (Lipinski definition) is 0. The maximum atomic E-state index is 12.1. The van der Waals surface area contributed by atoms with E-state index in [4.69, 9.17) is 9.47 Å². The molecule has 0 bridgehead atoms. The molecule has 0 aromatic heterocycles. The minimum Gasteiger partial charge on any atom is -0.482 e. The molecule has 0 unspecified atom stereocenters. The van der Waals surface area contributed by atoms with Gasteiger partial charge in [0.15, 0.2) is 13.2 Å². The van der Waals surface area contributed by atoms with Gasteiger partial charge in [-0.2, -0.15) is 0 Å². The second-order valence-corrected chi connectivity index (χ2v) is 7.00. The average molecular weight is 420 g/mol. The van der Waals surface area contributed by atoms with E-state index in [0.29, 0.717) is 12.3 Å². The maximum absolute atomic E-state index is 12.1. The van der Waals surface area contributed by atoms with Crippen LogP contribution in [0.25, 0.3) is 0 Å². The van der Waals surface area contributed by atoms with Gasteiger partial charge in [0.05, 0.1) is 0 Å². The van der Waals surface area contributed by atoms with Gasteiger partial charge in [-0.05, 0) is 49.2 Å². The molecule has 0 N–H and O–H groups in total. The lowest BCUT2D eigenvalue weighted by atomic mass is 10.1. The summed E-state index contributed by atoms with van der Waals surface area (Å²) >= 11 is 3.32. The Bertz CT molecular complexity index is 774. The molecule has 0 heterocycles. The fourth-order valence-corrected chi connectivity index (χ4v) is 2.60. The normalized spacial score (nSPS) is 10.3. The molecule has 2 aromatic carbocycles. The molecule has 0 atom stereocenters. The van der Waals surface area contributed by atoms with E-state index in [1.165, 1.54) is 5.56 Å². The Hall–Kier alpha value is -2.34. The summed E-state index contributed by atoms with van der Waals surface area (Å²) < 4.78 is 11.2. The van der Waals surface area contributed by atoms with E-state index in [2.05, 4.69) is 22.0 Å². The van der Waals surface area contributed by atoms with Crippen LogP contribution in [0.4, 0.5) is 0 Å². The first-order chi connectivity index (χ1) is 12.3. The molecule has 0 aliphatic heterocycles. The summed E-state index contributed by atoms with van der Waals surface area (Å²) in [5.74, 6) is -0.286. The summed E-state index contributed by atoms with van der Waals surface area (Å²) in [6.45, 7) is 3.97. The molecule has 138 valence electrons. The summed E-state index contributed by atoms with van der Waals surface area (Å²) in [5.41, 5.74) is 3.38. The van der Waals surface area contributed by atoms with Gasteiger partial charge in [-0.1, -0.05) is 39.7 Å². The van der Waals surface area contributed by atoms with E-state index in [1.807, 2.05) is 38.1 Å². The van der Waals surface area contributed by atoms with Gasteiger partial charge in [0, 0.05) is 18.1 Å². The van der Waals surface area contributed by atoms with Gasteiger partial charge in [0.2, 0.25) is 0 Å². The first kappa shape index (κ1) is 20.0. The predicted molar refractivity (Wildman–Crippen MR) is 103 cm³/mol. The van der Waals surface area contributed by atoms with E-state index in [1.54, 1.807) is 24.1 Å². The number of aryl methyl sites for hydroxylation is 2. The van der Waals surface area contributed by atoms with Crippen molar-refractivity contribution in [1.82, 2.24) is 4.90 Å². The largest absolute Gasteiger partial charge is 0.482 e. The second kappa shape index (κ2) is 9.38. The molecule has 0 radical (unpaired) electrons. The number of carbonyl (C=O) groups is 2. The van der Waals surface area contributed by atoms with Crippen molar-refractivity contribution >= 4 is 27.8 Å². The highest BCUT2D eigenvalue weighted by molar-refractivity contribution is 9.10. The van der Waals surface area contributed by atoms with E-state index >= 15 is 0 Å². The van der Waals surface area contributed by atoms with E-state index in [0.717, 1.165) is 15.6 Å². The van der Waals surface area contributed by atoms with E-state index in [-0.39, 0.29) is 19.1 Å². The van der Waals surface area contributed by atoms with Gasteiger partial charge in [-0.25, -0.2) is 4.79 Å². The molecule has 6 heteroatoms. The van der Waals surface area contributed by atoms with Crippen molar-refractivity contribution < 1.29 is 19.1 Å². The molecule has 26 heavy (non-hydrogen) atoms. The fraction of sp³-hybridized carbons (Fsp3) is 0.300. The van der Waals surface area contributed by atoms with Gasteiger partial charge < -0.3 is 14.4 Å². The van der Waals surface area contributed by atoms with Crippen molar-refractivity contribution in [3.63, 3.8) is 0 Å². The van der Waals surface area contributed by atoms with Crippen LogP contribution in [0, 0.1) is 13.8 Å². The SMILES string of the molecule is Cc1ccc(CN(C)C(=O)COC(=O)COc2ccc(Br)cc2)c(C)c1. The molecule has 5 nitrogen and oxygen atoms in total. The van der Waals surface area contributed by atoms with Crippen molar-refractivity contribution in [3.8, 4) is 5.75 Å². The van der Waals surface area contributed by atoms with Crippen LogP contribution in [-0.2, 0) is 20.9 Å². The van der Waals surface area contributed by atoms with Crippen molar-refractivity contribution in [3.05, 3.63) is 63.6 Å². The van der Waals surface area contributed by atoms with Crippen molar-refractivity contribution in [2.24, 2.45) is 0 Å². The molecule has 0 saturated carbocycles. The predicted octanol–water partition coefficient (Wildman–Crippen LogP) is 3.65. The highest BCUT2D eigenvalue weighted by atomic mass is 79.9. The summed E-state index contributed by atoms with van der Waals surface area (Å²) in [5, 5.41) is 0. The third-order valence-corrected chi connectivity index (χ3v) is 4.39. The lowest BCUT2D eigenvalue weighted by Gasteiger charge is -2.18. The van der Waals surface area contributed by atoms with Gasteiger partial charge in [0.1, 0.15) is 5.75 Å². The summed E-state index contributed by atoms with van der Waals surface area (Å²) in [6.07, 6.45) is 0. The minimum absolute atomic E-state index is 0.240. The number of ether oxygens (including phenoxy) is 2. The van der Waals surface area contributed by atoms with Crippen LogP contribution in [0.1, 0.15) is 16.7 Å². The van der Waals surface area contributed by atoms with Crippen LogP contribution in [0.3, 0.4) is 0 Å². The average Bonchev–Trinajstić information content (AvgIpc) is 2.61. The third kappa shape index (κ3) is 6.19. The van der Waals surface area contributed by atoms with E-state index < -0.39 is 5.97 Å². The Morgan fingerprint density at radius 3 is 2.38 bits per heavy atom. The Labute approximate surface area is 162 Å². The first-order valence-corrected chi connectivity index (χ1v) is 8.98. The monoisotopic (exact) mass is 419 g/mol. The molecule has 2 aromatic rings. The Balaban J connectivity index is 1.76. The number of rotatable bonds is 7. The highest BCUT2D eigenvalue weighted by Crippen LogP contribution is 2.16. The number of benzene rings is 2. The smallest absolute Gasteiger partial charge is 0.344 e. The van der Waals surface area contributed by atoms with Crippen molar-refractivity contribution in [1.29, 1.82) is 0 Å². The Morgan fingerprint density at radius 1 is 1.04 bits per heavy atom. The number of esters is 1. The van der Waals surface area contributed by atoms with Gasteiger partial charge in [-0.3, -0.25) is 4.79 Å². The molecule has 0 saturated heterocycles. The Kier molecular flexibility index (Phi) is 7.21. The molecule has 0 fully saturated rings. The van der Waals surface area contributed by atoms with Crippen LogP contribution < -0.4 is 4.74 Å². The standard InChI is InChI=1S/C20H22BrNO4/c1-14-4-5-16(15(2)10-14)11-22(3)19(23)12-26-20(24)13-25-18-8-6-17(21)7-9-18/h4-10H,11-13H2,1-3H3. The zero-order valence-electron chi connectivity index (χ0n) is 15.1. The molecule has 0 aliphatic rings. The van der Waals surface area contributed by atoms with Crippen molar-refractivity contribution in [2.45, 2.75) is 20.4 Å². The fourth-order valence-electron chi connectivity index (χ4n) is 2.33. The summed E-state index contributed by atoms with van der Waals surface area (Å²) in [4.78, 5) is 25.4. The molecule has 0 spiro atoms. The van der Waals surface area contributed by atoms with Crippen LogP contribution in [0.5, 0.6) is 5.75 Å². The lowest BCUT2D eigenvalue weighted by molar-refractivity contribution is -0.153. The number of halogens is 1. The molecular formula is C20H22BrNO4. The quantitative estimate of drug-likeness (QED) is 0.642. The second-order valence-electron chi connectivity index (χ2n) is 6.08. The number of nitrogens with zero attached hydrogens (tertiary/aromatic N) is 1. The van der Waals surface area contributed by atoms with Crippen LogP contribution >= 0.6 is 15.9 Å². The zero-order chi connectivity index (χ0) is 19.1. The molecular weight excluding hydrogens is 398 g/mol. The lowest BCUT2D eigenvalue weighted by Crippen LogP contribution is -2.31. The number of carbonyl (C=O) groups excluding carboxylic acids is 2. The highest BCUT2D eigenvalue weighted by Gasteiger charge is 2.14. The van der Waals surface area contributed by atoms with Crippen LogP contribution in [0.2, 0.25) is 0 Å². The summed E-state index contributed by atoms with van der Waals surface area (Å²) in [6, 6.07) is 13.2. The van der Waals surface area contributed by atoms with Crippen molar-refractivity contribution in [2.75, 3.05) is 20.3 Å². The molecule has 0 aliphatic carbocycles. The maximum Gasteiger partial charge on any atom is 0.344 e. The van der Waals surface area contributed by atoms with Gasteiger partial charge in [0.25, 0.3) is 5.91 Å².